The molecular weight excluding hydrogens is 162 g/mol. The van der Waals surface area contributed by atoms with Gasteiger partial charge in [0.2, 0.25) is 5.91 Å². The molecular formula is C7H11NO4. The number of aliphatic hydroxyl groups excluding tert-OH is 1. The fourth-order valence-electron chi connectivity index (χ4n) is 1.38. The summed E-state index contributed by atoms with van der Waals surface area (Å²) in [5.74, 6) is -1.18. The van der Waals surface area contributed by atoms with Crippen LogP contribution in [0.1, 0.15) is 12.8 Å². The Kier molecular flexibility index (Phi) is 2.65. The van der Waals surface area contributed by atoms with Crippen molar-refractivity contribution in [3.63, 3.8) is 0 Å². The van der Waals surface area contributed by atoms with Gasteiger partial charge in [0, 0.05) is 13.0 Å². The Bertz CT molecular complexity index is 204. The van der Waals surface area contributed by atoms with Crippen molar-refractivity contribution in [1.29, 1.82) is 0 Å². The summed E-state index contributed by atoms with van der Waals surface area (Å²) in [4.78, 5) is 22.8. The van der Waals surface area contributed by atoms with Crippen molar-refractivity contribution in [2.75, 3.05) is 13.2 Å². The molecule has 0 aromatic heterocycles. The maximum atomic E-state index is 11.0. The summed E-state index contributed by atoms with van der Waals surface area (Å²) in [6.45, 7) is -0.0642. The predicted molar refractivity (Wildman–Crippen MR) is 39.5 cm³/mol. The van der Waals surface area contributed by atoms with Gasteiger partial charge in [-0.05, 0) is 6.42 Å². The van der Waals surface area contributed by atoms with E-state index in [-0.39, 0.29) is 25.5 Å². The number of hydrogen-bond donors (Lipinski definition) is 2. The highest BCUT2D eigenvalue weighted by Crippen LogP contribution is 2.17. The molecule has 1 amide bonds. The molecule has 0 radical (unpaired) electrons. The number of likely N-dealkylation sites (tertiary alicyclic amines) is 1. The maximum Gasteiger partial charge on any atom is 0.326 e. The molecule has 1 heterocycles. The molecule has 0 spiro atoms. The van der Waals surface area contributed by atoms with Crippen LogP contribution in [-0.4, -0.2) is 46.2 Å². The van der Waals surface area contributed by atoms with Crippen LogP contribution in [0, 0.1) is 0 Å². The monoisotopic (exact) mass is 173 g/mol. The van der Waals surface area contributed by atoms with Crippen LogP contribution in [-0.2, 0) is 9.59 Å². The van der Waals surface area contributed by atoms with Crippen LogP contribution < -0.4 is 0 Å². The van der Waals surface area contributed by atoms with Gasteiger partial charge in [0.15, 0.2) is 0 Å². The molecule has 1 rings (SSSR count). The number of nitrogens with zero attached hydrogens (tertiary/aromatic N) is 1. The molecule has 1 atom stereocenters. The summed E-state index contributed by atoms with van der Waals surface area (Å²) in [7, 11) is 0. The summed E-state index contributed by atoms with van der Waals surface area (Å²) in [5, 5.41) is 17.2. The van der Waals surface area contributed by atoms with Crippen LogP contribution in [0.5, 0.6) is 0 Å². The number of aliphatic carboxylic acids is 1. The van der Waals surface area contributed by atoms with Crippen LogP contribution in [0.4, 0.5) is 0 Å². The molecule has 1 aliphatic rings. The molecule has 68 valence electrons. The Labute approximate surface area is 69.6 Å². The smallest absolute Gasteiger partial charge is 0.326 e. The fraction of sp³-hybridized carbons (Fsp3) is 0.714. The average Bonchev–Trinajstić information content (AvgIpc) is 2.34. The third-order valence-corrected chi connectivity index (χ3v) is 1.95. The van der Waals surface area contributed by atoms with Gasteiger partial charge in [0.05, 0.1) is 6.61 Å². The van der Waals surface area contributed by atoms with E-state index in [1.165, 1.54) is 4.90 Å². The van der Waals surface area contributed by atoms with Crippen molar-refractivity contribution in [1.82, 2.24) is 4.90 Å². The van der Waals surface area contributed by atoms with Gasteiger partial charge in [-0.3, -0.25) is 4.79 Å². The van der Waals surface area contributed by atoms with Crippen molar-refractivity contribution < 1.29 is 19.8 Å². The highest BCUT2D eigenvalue weighted by molar-refractivity contribution is 5.87. The van der Waals surface area contributed by atoms with E-state index in [0.29, 0.717) is 6.42 Å². The summed E-state index contributed by atoms with van der Waals surface area (Å²) < 4.78 is 0. The van der Waals surface area contributed by atoms with Gasteiger partial charge < -0.3 is 15.1 Å². The highest BCUT2D eigenvalue weighted by atomic mass is 16.4. The third-order valence-electron chi connectivity index (χ3n) is 1.95. The van der Waals surface area contributed by atoms with Crippen molar-refractivity contribution in [3.05, 3.63) is 0 Å². The number of carbonyl (C=O) groups excluding carboxylic acids is 1. The van der Waals surface area contributed by atoms with Crippen LogP contribution in [0.15, 0.2) is 0 Å². The van der Waals surface area contributed by atoms with E-state index in [1.54, 1.807) is 0 Å². The molecule has 0 aromatic carbocycles. The first-order valence-corrected chi connectivity index (χ1v) is 3.80. The minimum absolute atomic E-state index is 0.121. The Hall–Kier alpha value is -1.10. The number of carbonyl (C=O) groups is 2. The molecule has 0 bridgehead atoms. The zero-order valence-corrected chi connectivity index (χ0v) is 6.56. The van der Waals surface area contributed by atoms with E-state index in [4.69, 9.17) is 10.2 Å². The maximum absolute atomic E-state index is 11.0. The van der Waals surface area contributed by atoms with Gasteiger partial charge in [0.25, 0.3) is 0 Å². The van der Waals surface area contributed by atoms with Gasteiger partial charge in [-0.25, -0.2) is 4.79 Å². The van der Waals surface area contributed by atoms with E-state index in [0.717, 1.165) is 0 Å². The number of carboxylic acid groups (broad SMARTS) is 1. The second kappa shape index (κ2) is 3.53. The van der Waals surface area contributed by atoms with E-state index in [2.05, 4.69) is 0 Å². The zero-order valence-electron chi connectivity index (χ0n) is 6.56. The number of hydrogen-bond acceptors (Lipinski definition) is 3. The molecule has 12 heavy (non-hydrogen) atoms. The normalized spacial score (nSPS) is 23.2. The van der Waals surface area contributed by atoms with Gasteiger partial charge in [-0.2, -0.15) is 0 Å². The van der Waals surface area contributed by atoms with Gasteiger partial charge >= 0.3 is 5.97 Å². The lowest BCUT2D eigenvalue weighted by molar-refractivity contribution is -0.146. The topological polar surface area (TPSA) is 77.8 Å². The molecule has 0 saturated carbocycles. The summed E-state index contributed by atoms with van der Waals surface area (Å²) in [6, 6.07) is -0.732. The van der Waals surface area contributed by atoms with Crippen LogP contribution >= 0.6 is 0 Å². The lowest BCUT2D eigenvalue weighted by Crippen LogP contribution is -2.40. The Morgan fingerprint density at radius 1 is 1.67 bits per heavy atom. The quantitative estimate of drug-likeness (QED) is 0.577. The van der Waals surface area contributed by atoms with Gasteiger partial charge in [-0.15, -0.1) is 0 Å². The minimum atomic E-state index is -0.991. The summed E-state index contributed by atoms with van der Waals surface area (Å²) in [6.07, 6.45) is 0.630. The molecule has 1 aliphatic heterocycles. The van der Waals surface area contributed by atoms with Crippen molar-refractivity contribution >= 4 is 11.9 Å². The Morgan fingerprint density at radius 3 is 2.83 bits per heavy atom. The first kappa shape index (κ1) is 8.99. The first-order chi connectivity index (χ1) is 5.66. The standard InChI is InChI=1S/C7H11NO4/c9-4-3-8-5(7(11)12)1-2-6(8)10/h5,9H,1-4H2,(H,11,12). The Balaban J connectivity index is 2.63. The second-order valence-corrected chi connectivity index (χ2v) is 2.70. The minimum Gasteiger partial charge on any atom is -0.480 e. The first-order valence-electron chi connectivity index (χ1n) is 3.80. The van der Waals surface area contributed by atoms with Crippen molar-refractivity contribution in [2.45, 2.75) is 18.9 Å². The van der Waals surface area contributed by atoms with E-state index < -0.39 is 12.0 Å². The molecule has 1 saturated heterocycles. The SMILES string of the molecule is O=C(O)C1CCC(=O)N1CCO. The van der Waals surface area contributed by atoms with E-state index in [9.17, 15) is 9.59 Å². The lowest BCUT2D eigenvalue weighted by Gasteiger charge is -2.19. The number of aliphatic hydroxyl groups is 1. The summed E-state index contributed by atoms with van der Waals surface area (Å²) >= 11 is 0. The number of amides is 1. The molecule has 0 aromatic rings. The number of β-amino-alcohol motifs (C(OH)–C–C–N with tert-alkyl or cyclic N) is 1. The molecule has 5 nitrogen and oxygen atoms in total. The lowest BCUT2D eigenvalue weighted by atomic mass is 10.2. The molecule has 2 N–H and O–H groups in total. The fourth-order valence-corrected chi connectivity index (χ4v) is 1.38. The van der Waals surface area contributed by atoms with Gasteiger partial charge in [-0.1, -0.05) is 0 Å². The zero-order chi connectivity index (χ0) is 9.14. The van der Waals surface area contributed by atoms with Crippen LogP contribution in [0.2, 0.25) is 0 Å². The molecule has 1 fully saturated rings. The Morgan fingerprint density at radius 2 is 2.33 bits per heavy atom. The van der Waals surface area contributed by atoms with Crippen LogP contribution in [0.25, 0.3) is 0 Å². The van der Waals surface area contributed by atoms with E-state index in [1.807, 2.05) is 0 Å². The molecule has 1 unspecified atom stereocenters. The molecule has 5 heteroatoms. The van der Waals surface area contributed by atoms with Crippen LogP contribution in [0.3, 0.4) is 0 Å². The van der Waals surface area contributed by atoms with Crippen molar-refractivity contribution in [2.24, 2.45) is 0 Å². The average molecular weight is 173 g/mol. The van der Waals surface area contributed by atoms with Crippen molar-refractivity contribution in [3.8, 4) is 0 Å². The molecule has 0 aliphatic carbocycles. The third kappa shape index (κ3) is 1.55. The summed E-state index contributed by atoms with van der Waals surface area (Å²) in [5.41, 5.74) is 0. The van der Waals surface area contributed by atoms with Gasteiger partial charge in [0.1, 0.15) is 6.04 Å². The second-order valence-electron chi connectivity index (χ2n) is 2.70. The predicted octanol–water partition coefficient (Wildman–Crippen LogP) is -0.946. The van der Waals surface area contributed by atoms with E-state index >= 15 is 0 Å². The largest absolute Gasteiger partial charge is 0.480 e. The number of carboxylic acids is 1. The number of rotatable bonds is 3. The highest BCUT2D eigenvalue weighted by Gasteiger charge is 2.35.